The first-order valence-electron chi connectivity index (χ1n) is 4.58. The molecule has 0 radical (unpaired) electrons. The van der Waals surface area contributed by atoms with Gasteiger partial charge in [0.15, 0.2) is 0 Å². The number of aromatic amines is 1. The summed E-state index contributed by atoms with van der Waals surface area (Å²) in [4.78, 5) is 14.4. The number of carbonyl (C=O) groups is 1. The second-order valence-corrected chi connectivity index (χ2v) is 4.32. The zero-order valence-electron chi connectivity index (χ0n) is 8.05. The molecule has 1 aromatic rings. The van der Waals surface area contributed by atoms with Crippen molar-refractivity contribution in [3.05, 3.63) is 22.4 Å². The van der Waals surface area contributed by atoms with Gasteiger partial charge in [0.05, 0.1) is 10.2 Å². The van der Waals surface area contributed by atoms with Crippen LogP contribution in [0.25, 0.3) is 0 Å². The van der Waals surface area contributed by atoms with Crippen molar-refractivity contribution in [2.45, 2.75) is 0 Å². The fourth-order valence-electron chi connectivity index (χ4n) is 1.33. The number of carbonyl (C=O) groups excluding carboxylic acids is 1. The van der Waals surface area contributed by atoms with Crippen LogP contribution in [0, 0.1) is 5.92 Å². The minimum absolute atomic E-state index is 0. The van der Waals surface area contributed by atoms with Crippen molar-refractivity contribution >= 4 is 34.2 Å². The molecule has 15 heavy (non-hydrogen) atoms. The molecule has 1 aromatic heterocycles. The Kier molecular flexibility index (Phi) is 4.63. The average molecular weight is 295 g/mol. The first kappa shape index (κ1) is 12.5. The summed E-state index contributed by atoms with van der Waals surface area (Å²) in [5, 5.41) is 6.06. The predicted octanol–water partition coefficient (Wildman–Crippen LogP) is 1.15. The summed E-state index contributed by atoms with van der Waals surface area (Å²) < 4.78 is 0.827. The predicted molar refractivity (Wildman–Crippen MR) is 64.4 cm³/mol. The van der Waals surface area contributed by atoms with Crippen molar-refractivity contribution in [2.24, 2.45) is 5.92 Å². The minimum Gasteiger partial charge on any atom is -0.355 e. The number of nitrogens with one attached hydrogen (secondary N) is 3. The number of hydrogen-bond donors (Lipinski definition) is 3. The zero-order valence-corrected chi connectivity index (χ0v) is 10.5. The normalized spacial score (nSPS) is 15.3. The van der Waals surface area contributed by atoms with Crippen molar-refractivity contribution < 1.29 is 4.79 Å². The number of aromatic nitrogens is 1. The third-order valence-electron chi connectivity index (χ3n) is 2.33. The van der Waals surface area contributed by atoms with E-state index in [9.17, 15) is 4.79 Å². The van der Waals surface area contributed by atoms with Gasteiger partial charge >= 0.3 is 0 Å². The molecule has 2 heterocycles. The van der Waals surface area contributed by atoms with Crippen LogP contribution in [0.3, 0.4) is 0 Å². The zero-order chi connectivity index (χ0) is 9.97. The van der Waals surface area contributed by atoms with E-state index in [1.54, 1.807) is 12.3 Å². The molecule has 3 N–H and O–H groups in total. The third-order valence-corrected chi connectivity index (χ3v) is 2.79. The molecule has 1 aliphatic rings. The highest BCUT2D eigenvalue weighted by Crippen LogP contribution is 2.09. The quantitative estimate of drug-likeness (QED) is 0.783. The molecular weight excluding hydrogens is 281 g/mol. The average Bonchev–Trinajstić information content (AvgIpc) is 2.49. The lowest BCUT2D eigenvalue weighted by molar-refractivity contribution is 0.0942. The SMILES string of the molecule is Cl.O=C(NCC1CNC1)c1c[nH]c(Br)c1. The molecule has 6 heteroatoms. The first-order valence-corrected chi connectivity index (χ1v) is 5.38. The summed E-state index contributed by atoms with van der Waals surface area (Å²) in [6, 6.07) is 1.77. The van der Waals surface area contributed by atoms with Crippen LogP contribution in [0.5, 0.6) is 0 Å². The topological polar surface area (TPSA) is 56.9 Å². The van der Waals surface area contributed by atoms with Gasteiger partial charge in [0.2, 0.25) is 0 Å². The number of hydrogen-bond acceptors (Lipinski definition) is 2. The Morgan fingerprint density at radius 1 is 1.60 bits per heavy atom. The Morgan fingerprint density at radius 3 is 2.80 bits per heavy atom. The molecule has 1 fully saturated rings. The van der Waals surface area contributed by atoms with Gasteiger partial charge in [-0.2, -0.15) is 0 Å². The van der Waals surface area contributed by atoms with E-state index in [1.807, 2.05) is 0 Å². The van der Waals surface area contributed by atoms with E-state index in [1.165, 1.54) is 0 Å². The molecule has 0 atom stereocenters. The van der Waals surface area contributed by atoms with Gasteiger partial charge in [0, 0.05) is 31.7 Å². The molecule has 0 unspecified atom stereocenters. The Morgan fingerprint density at radius 2 is 2.33 bits per heavy atom. The smallest absolute Gasteiger partial charge is 0.252 e. The molecule has 0 bridgehead atoms. The summed E-state index contributed by atoms with van der Waals surface area (Å²) in [6.07, 6.45) is 1.69. The summed E-state index contributed by atoms with van der Waals surface area (Å²) in [6.45, 7) is 2.78. The molecule has 1 saturated heterocycles. The fraction of sp³-hybridized carbons (Fsp3) is 0.444. The van der Waals surface area contributed by atoms with Gasteiger partial charge in [-0.25, -0.2) is 0 Å². The van der Waals surface area contributed by atoms with Crippen LogP contribution in [0.4, 0.5) is 0 Å². The lowest BCUT2D eigenvalue weighted by Gasteiger charge is -2.26. The highest BCUT2D eigenvalue weighted by Gasteiger charge is 2.17. The van der Waals surface area contributed by atoms with Crippen molar-refractivity contribution in [2.75, 3.05) is 19.6 Å². The molecular formula is C9H13BrClN3O. The van der Waals surface area contributed by atoms with E-state index in [0.29, 0.717) is 11.5 Å². The Balaban J connectivity index is 0.00000112. The van der Waals surface area contributed by atoms with Gasteiger partial charge in [0.1, 0.15) is 0 Å². The van der Waals surface area contributed by atoms with Gasteiger partial charge < -0.3 is 15.6 Å². The van der Waals surface area contributed by atoms with Crippen LogP contribution >= 0.6 is 28.3 Å². The van der Waals surface area contributed by atoms with Crippen LogP contribution in [-0.2, 0) is 0 Å². The molecule has 1 aliphatic heterocycles. The molecule has 0 spiro atoms. The van der Waals surface area contributed by atoms with E-state index < -0.39 is 0 Å². The van der Waals surface area contributed by atoms with E-state index in [-0.39, 0.29) is 18.3 Å². The number of H-pyrrole nitrogens is 1. The van der Waals surface area contributed by atoms with E-state index >= 15 is 0 Å². The molecule has 0 aliphatic carbocycles. The van der Waals surface area contributed by atoms with Crippen molar-refractivity contribution in [3.63, 3.8) is 0 Å². The first-order chi connectivity index (χ1) is 6.75. The minimum atomic E-state index is -0.0150. The number of amides is 1. The van der Waals surface area contributed by atoms with Gasteiger partial charge in [0.25, 0.3) is 5.91 Å². The van der Waals surface area contributed by atoms with E-state index in [4.69, 9.17) is 0 Å². The maximum absolute atomic E-state index is 11.5. The third kappa shape index (κ3) is 3.22. The Labute approximate surface area is 103 Å². The van der Waals surface area contributed by atoms with Crippen LogP contribution in [0.15, 0.2) is 16.9 Å². The molecule has 1 amide bonds. The lowest BCUT2D eigenvalue weighted by Crippen LogP contribution is -2.48. The maximum atomic E-state index is 11.5. The molecule has 4 nitrogen and oxygen atoms in total. The van der Waals surface area contributed by atoms with Gasteiger partial charge in [-0.1, -0.05) is 0 Å². The highest BCUT2D eigenvalue weighted by atomic mass is 79.9. The van der Waals surface area contributed by atoms with Crippen molar-refractivity contribution in [1.29, 1.82) is 0 Å². The van der Waals surface area contributed by atoms with Crippen molar-refractivity contribution in [1.82, 2.24) is 15.6 Å². The van der Waals surface area contributed by atoms with Crippen LogP contribution in [-0.4, -0.2) is 30.5 Å². The summed E-state index contributed by atoms with van der Waals surface area (Å²) in [7, 11) is 0. The highest BCUT2D eigenvalue weighted by molar-refractivity contribution is 9.10. The maximum Gasteiger partial charge on any atom is 0.252 e. The summed E-state index contributed by atoms with van der Waals surface area (Å²) in [5.41, 5.74) is 0.671. The molecule has 0 saturated carbocycles. The van der Waals surface area contributed by atoms with E-state index in [2.05, 4.69) is 31.5 Å². The summed E-state index contributed by atoms with van der Waals surface area (Å²) >= 11 is 3.26. The van der Waals surface area contributed by atoms with Crippen LogP contribution in [0.2, 0.25) is 0 Å². The summed E-state index contributed by atoms with van der Waals surface area (Å²) in [5.74, 6) is 0.584. The Hall–Kier alpha value is -0.520. The lowest BCUT2D eigenvalue weighted by atomic mass is 10.0. The second-order valence-electron chi connectivity index (χ2n) is 3.47. The van der Waals surface area contributed by atoms with Gasteiger partial charge in [-0.15, -0.1) is 12.4 Å². The molecule has 0 aromatic carbocycles. The van der Waals surface area contributed by atoms with Gasteiger partial charge in [-0.05, 0) is 22.0 Å². The van der Waals surface area contributed by atoms with Crippen LogP contribution in [0.1, 0.15) is 10.4 Å². The number of rotatable bonds is 3. The largest absolute Gasteiger partial charge is 0.355 e. The fourth-order valence-corrected chi connectivity index (χ4v) is 1.69. The van der Waals surface area contributed by atoms with E-state index in [0.717, 1.165) is 24.2 Å². The standard InChI is InChI=1S/C9H12BrN3O.ClH/c10-8-1-7(5-12-8)9(14)13-4-6-2-11-3-6;/h1,5-6,11-12H,2-4H2,(H,13,14);1H. The van der Waals surface area contributed by atoms with Crippen LogP contribution < -0.4 is 10.6 Å². The Bertz CT molecular complexity index is 338. The van der Waals surface area contributed by atoms with Crippen molar-refractivity contribution in [3.8, 4) is 0 Å². The number of halogens is 2. The second kappa shape index (κ2) is 5.53. The monoisotopic (exact) mass is 293 g/mol. The van der Waals surface area contributed by atoms with Gasteiger partial charge in [-0.3, -0.25) is 4.79 Å². The molecule has 2 rings (SSSR count). The molecule has 84 valence electrons.